The molecule has 1 aliphatic carbocycles. The van der Waals surface area contributed by atoms with Gasteiger partial charge in [0.1, 0.15) is 5.01 Å². The lowest BCUT2D eigenvalue weighted by molar-refractivity contribution is 0.673. The summed E-state index contributed by atoms with van der Waals surface area (Å²) in [6.45, 7) is 6.31. The number of hydrogen-bond acceptors (Lipinski definition) is 3. The molecule has 1 aromatic carbocycles. The highest BCUT2D eigenvalue weighted by Gasteiger charge is 2.22. The molecule has 0 saturated carbocycles. The van der Waals surface area contributed by atoms with E-state index in [0.29, 0.717) is 0 Å². The van der Waals surface area contributed by atoms with Crippen molar-refractivity contribution in [2.24, 2.45) is 0 Å². The number of benzene rings is 1. The van der Waals surface area contributed by atoms with E-state index in [-0.39, 0.29) is 0 Å². The van der Waals surface area contributed by atoms with Gasteiger partial charge in [0.2, 0.25) is 0 Å². The van der Waals surface area contributed by atoms with Crippen LogP contribution >= 0.6 is 11.3 Å². The Morgan fingerprint density at radius 3 is 3.11 bits per heavy atom. The number of fused-ring (bicyclic) bond motifs is 3. The Bertz CT molecular complexity index is 572. The molecule has 0 unspecified atom stereocenters. The van der Waals surface area contributed by atoms with Crippen LogP contribution in [-0.2, 0) is 13.0 Å². The van der Waals surface area contributed by atoms with E-state index in [9.17, 15) is 0 Å². The summed E-state index contributed by atoms with van der Waals surface area (Å²) >= 11 is 1.86. The van der Waals surface area contributed by atoms with Crippen LogP contribution in [0.3, 0.4) is 0 Å². The van der Waals surface area contributed by atoms with E-state index >= 15 is 0 Å². The Kier molecular flexibility index (Phi) is 3.18. The van der Waals surface area contributed by atoms with Crippen LogP contribution in [0.4, 0.5) is 0 Å². The number of aromatic nitrogens is 1. The highest BCUT2D eigenvalue weighted by molar-refractivity contribution is 7.12. The molecule has 0 saturated heterocycles. The summed E-state index contributed by atoms with van der Waals surface area (Å²) in [7, 11) is 0. The molecule has 3 rings (SSSR count). The van der Waals surface area contributed by atoms with Crippen LogP contribution < -0.4 is 5.32 Å². The van der Waals surface area contributed by atoms with Crippen molar-refractivity contribution < 1.29 is 0 Å². The van der Waals surface area contributed by atoms with Crippen LogP contribution in [0.5, 0.6) is 0 Å². The summed E-state index contributed by atoms with van der Waals surface area (Å²) in [4.78, 5) is 6.24. The first-order valence-corrected chi connectivity index (χ1v) is 7.38. The van der Waals surface area contributed by atoms with Crippen molar-refractivity contribution in [3.63, 3.8) is 0 Å². The molecule has 0 amide bonds. The molecule has 0 spiro atoms. The number of nitrogens with one attached hydrogen (secondary N) is 1. The molecule has 0 bridgehead atoms. The third kappa shape index (κ3) is 2.08. The molecule has 3 heteroatoms. The minimum atomic E-state index is 0.909. The van der Waals surface area contributed by atoms with E-state index in [4.69, 9.17) is 4.98 Å². The summed E-state index contributed by atoms with van der Waals surface area (Å²) in [6.07, 6.45) is 2.24. The standard InChI is InChI=1S/C15H18N2S/c1-3-6-16-9-14-17-15-12-7-10(2)4-5-11(12)8-13(15)18-14/h4-5,7,16H,3,6,8-9H2,1-2H3. The third-order valence-electron chi connectivity index (χ3n) is 3.32. The smallest absolute Gasteiger partial charge is 0.107 e. The maximum absolute atomic E-state index is 4.80. The van der Waals surface area contributed by atoms with E-state index in [0.717, 1.165) is 19.5 Å². The molecule has 0 aliphatic heterocycles. The normalized spacial score (nSPS) is 12.6. The number of thiazole rings is 1. The summed E-state index contributed by atoms with van der Waals surface area (Å²) in [5, 5.41) is 4.65. The molecular weight excluding hydrogens is 240 g/mol. The first-order valence-electron chi connectivity index (χ1n) is 6.57. The van der Waals surface area contributed by atoms with Crippen LogP contribution in [0.1, 0.15) is 34.4 Å². The van der Waals surface area contributed by atoms with E-state index < -0.39 is 0 Å². The largest absolute Gasteiger partial charge is 0.310 e. The quantitative estimate of drug-likeness (QED) is 0.724. The molecule has 0 fully saturated rings. The van der Waals surface area contributed by atoms with E-state index in [1.807, 2.05) is 11.3 Å². The van der Waals surface area contributed by atoms with Gasteiger partial charge in [0.25, 0.3) is 0 Å². The fourth-order valence-electron chi connectivity index (χ4n) is 2.42. The summed E-state index contributed by atoms with van der Waals surface area (Å²) in [6, 6.07) is 6.71. The summed E-state index contributed by atoms with van der Waals surface area (Å²) < 4.78 is 0. The Morgan fingerprint density at radius 2 is 2.28 bits per heavy atom. The zero-order chi connectivity index (χ0) is 12.5. The van der Waals surface area contributed by atoms with Crippen molar-refractivity contribution in [1.29, 1.82) is 0 Å². The van der Waals surface area contributed by atoms with Crippen molar-refractivity contribution in [2.75, 3.05) is 6.54 Å². The van der Waals surface area contributed by atoms with Crippen molar-refractivity contribution in [2.45, 2.75) is 33.2 Å². The second-order valence-corrected chi connectivity index (χ2v) is 6.06. The lowest BCUT2D eigenvalue weighted by atomic mass is 10.1. The molecular formula is C15H18N2S. The van der Waals surface area contributed by atoms with Gasteiger partial charge in [-0.3, -0.25) is 0 Å². The molecule has 18 heavy (non-hydrogen) atoms. The minimum Gasteiger partial charge on any atom is -0.310 e. The zero-order valence-corrected chi connectivity index (χ0v) is 11.7. The second-order valence-electron chi connectivity index (χ2n) is 4.89. The van der Waals surface area contributed by atoms with Gasteiger partial charge in [-0.2, -0.15) is 0 Å². The summed E-state index contributed by atoms with van der Waals surface area (Å²) in [5.41, 5.74) is 5.33. The van der Waals surface area contributed by atoms with E-state index in [1.54, 1.807) is 0 Å². The molecule has 1 heterocycles. The van der Waals surface area contributed by atoms with Gasteiger partial charge < -0.3 is 5.32 Å². The van der Waals surface area contributed by atoms with Crippen molar-refractivity contribution in [1.82, 2.24) is 10.3 Å². The van der Waals surface area contributed by atoms with Crippen LogP contribution in [0.2, 0.25) is 0 Å². The van der Waals surface area contributed by atoms with Crippen LogP contribution in [0.25, 0.3) is 11.3 Å². The van der Waals surface area contributed by atoms with Gasteiger partial charge in [0, 0.05) is 23.4 Å². The molecule has 2 nitrogen and oxygen atoms in total. The molecule has 2 aromatic rings. The summed E-state index contributed by atoms with van der Waals surface area (Å²) in [5.74, 6) is 0. The number of rotatable bonds is 4. The first-order chi connectivity index (χ1) is 8.78. The monoisotopic (exact) mass is 258 g/mol. The molecule has 0 radical (unpaired) electrons. The predicted molar refractivity (Wildman–Crippen MR) is 77.1 cm³/mol. The van der Waals surface area contributed by atoms with Gasteiger partial charge in [-0.25, -0.2) is 4.98 Å². The number of nitrogens with zero attached hydrogens (tertiary/aromatic N) is 1. The Balaban J connectivity index is 1.86. The second kappa shape index (κ2) is 4.82. The lowest BCUT2D eigenvalue weighted by Crippen LogP contribution is -2.13. The maximum atomic E-state index is 4.80. The van der Waals surface area contributed by atoms with Gasteiger partial charge in [-0.15, -0.1) is 11.3 Å². The van der Waals surface area contributed by atoms with Crippen LogP contribution in [0, 0.1) is 6.92 Å². The van der Waals surface area contributed by atoms with Gasteiger partial charge in [0.05, 0.1) is 5.69 Å². The Hall–Kier alpha value is -1.19. The lowest BCUT2D eigenvalue weighted by Gasteiger charge is -2.01. The van der Waals surface area contributed by atoms with E-state index in [1.165, 1.54) is 38.7 Å². The van der Waals surface area contributed by atoms with Crippen molar-refractivity contribution >= 4 is 11.3 Å². The van der Waals surface area contributed by atoms with Gasteiger partial charge in [-0.05, 0) is 31.5 Å². The first kappa shape index (κ1) is 11.9. The molecule has 1 N–H and O–H groups in total. The maximum Gasteiger partial charge on any atom is 0.107 e. The third-order valence-corrected chi connectivity index (χ3v) is 4.37. The SMILES string of the molecule is CCCNCc1nc2c(s1)Cc1ccc(C)cc1-2. The topological polar surface area (TPSA) is 24.9 Å². The Labute approximate surface area is 112 Å². The fourth-order valence-corrected chi connectivity index (χ4v) is 3.49. The molecule has 1 aliphatic rings. The van der Waals surface area contributed by atoms with Crippen molar-refractivity contribution in [3.8, 4) is 11.3 Å². The molecule has 94 valence electrons. The molecule has 1 aromatic heterocycles. The van der Waals surface area contributed by atoms with E-state index in [2.05, 4.69) is 37.4 Å². The highest BCUT2D eigenvalue weighted by Crippen LogP contribution is 2.39. The highest BCUT2D eigenvalue weighted by atomic mass is 32.1. The van der Waals surface area contributed by atoms with Gasteiger partial charge in [0.15, 0.2) is 0 Å². The molecule has 0 atom stereocenters. The minimum absolute atomic E-state index is 0.909. The van der Waals surface area contributed by atoms with Gasteiger partial charge in [-0.1, -0.05) is 24.6 Å². The average Bonchev–Trinajstić information content (AvgIpc) is 2.87. The average molecular weight is 258 g/mol. The Morgan fingerprint density at radius 1 is 1.39 bits per heavy atom. The number of hydrogen-bond donors (Lipinski definition) is 1. The van der Waals surface area contributed by atoms with Crippen LogP contribution in [-0.4, -0.2) is 11.5 Å². The number of aryl methyl sites for hydroxylation is 1. The van der Waals surface area contributed by atoms with Crippen LogP contribution in [0.15, 0.2) is 18.2 Å². The predicted octanol–water partition coefficient (Wildman–Crippen LogP) is 3.52. The fraction of sp³-hybridized carbons (Fsp3) is 0.400. The zero-order valence-electron chi connectivity index (χ0n) is 10.9. The van der Waals surface area contributed by atoms with Crippen molar-refractivity contribution in [3.05, 3.63) is 39.2 Å². The van der Waals surface area contributed by atoms with Gasteiger partial charge >= 0.3 is 0 Å².